The number of nitrogens with one attached hydrogen (secondary N) is 2. The molecule has 1 aliphatic carbocycles. The van der Waals surface area contributed by atoms with Gasteiger partial charge in [0.1, 0.15) is 0 Å². The fourth-order valence-corrected chi connectivity index (χ4v) is 4.04. The number of ether oxygens (including phenoxy) is 1. The summed E-state index contributed by atoms with van der Waals surface area (Å²) in [7, 11) is 0. The lowest BCUT2D eigenvalue weighted by Crippen LogP contribution is -2.45. The van der Waals surface area contributed by atoms with E-state index in [2.05, 4.69) is 26.6 Å². The Balaban J connectivity index is 1.60. The quantitative estimate of drug-likeness (QED) is 0.702. The molecule has 29 heavy (non-hydrogen) atoms. The van der Waals surface area contributed by atoms with Gasteiger partial charge in [0, 0.05) is 35.0 Å². The van der Waals surface area contributed by atoms with Crippen molar-refractivity contribution in [2.45, 2.75) is 44.1 Å². The zero-order chi connectivity index (χ0) is 20.4. The van der Waals surface area contributed by atoms with Gasteiger partial charge in [-0.3, -0.25) is 9.59 Å². The zero-order valence-corrected chi connectivity index (χ0v) is 18.1. The molecular formula is C23H25BrN2O3. The van der Waals surface area contributed by atoms with Crippen molar-refractivity contribution in [3.8, 4) is 0 Å². The highest BCUT2D eigenvalue weighted by Crippen LogP contribution is 2.37. The molecule has 0 unspecified atom stereocenters. The highest BCUT2D eigenvalue weighted by molar-refractivity contribution is 9.10. The van der Waals surface area contributed by atoms with Gasteiger partial charge in [-0.25, -0.2) is 0 Å². The number of aryl methyl sites for hydroxylation is 1. The molecule has 1 heterocycles. The Morgan fingerprint density at radius 2 is 1.76 bits per heavy atom. The smallest absolute Gasteiger partial charge is 0.251 e. The van der Waals surface area contributed by atoms with E-state index in [1.54, 1.807) is 6.07 Å². The molecule has 0 aromatic heterocycles. The number of anilines is 1. The first-order chi connectivity index (χ1) is 14.0. The number of halogens is 1. The molecule has 4 rings (SSSR count). The third kappa shape index (κ3) is 4.38. The number of carbonyl (C=O) groups excluding carboxylic acids is 2. The number of rotatable bonds is 5. The zero-order valence-electron chi connectivity index (χ0n) is 16.5. The minimum atomic E-state index is -0.641. The second-order valence-electron chi connectivity index (χ2n) is 7.93. The lowest BCUT2D eigenvalue weighted by atomic mass is 9.73. The number of carbonyl (C=O) groups is 2. The summed E-state index contributed by atoms with van der Waals surface area (Å²) in [5, 5.41) is 6.11. The number of amides is 2. The minimum absolute atomic E-state index is 0.0500. The van der Waals surface area contributed by atoms with Crippen LogP contribution in [0.2, 0.25) is 0 Å². The van der Waals surface area contributed by atoms with Crippen LogP contribution in [0.4, 0.5) is 5.69 Å². The van der Waals surface area contributed by atoms with Crippen LogP contribution in [0, 0.1) is 6.92 Å². The van der Waals surface area contributed by atoms with Crippen LogP contribution in [0.1, 0.15) is 47.2 Å². The largest absolute Gasteiger partial charge is 0.381 e. The molecule has 2 amide bonds. The lowest BCUT2D eigenvalue weighted by molar-refractivity contribution is -0.125. The van der Waals surface area contributed by atoms with Gasteiger partial charge < -0.3 is 15.4 Å². The summed E-state index contributed by atoms with van der Waals surface area (Å²) < 4.78 is 6.53. The SMILES string of the molecule is Cc1ccc(C(=O)NC2CC2)cc1NC(=O)C1(c2ccc(Br)cc2)CCOCC1. The van der Waals surface area contributed by atoms with E-state index < -0.39 is 5.41 Å². The highest BCUT2D eigenvalue weighted by Gasteiger charge is 2.42. The second kappa shape index (κ2) is 8.28. The van der Waals surface area contributed by atoms with Gasteiger partial charge >= 0.3 is 0 Å². The molecule has 2 aliphatic rings. The number of hydrogen-bond acceptors (Lipinski definition) is 3. The molecule has 0 bridgehead atoms. The van der Waals surface area contributed by atoms with Crippen LogP contribution >= 0.6 is 15.9 Å². The van der Waals surface area contributed by atoms with Crippen molar-refractivity contribution in [3.05, 3.63) is 63.6 Å². The molecule has 2 aromatic rings. The summed E-state index contributed by atoms with van der Waals surface area (Å²) in [5.41, 5.74) is 2.53. The fraction of sp³-hybridized carbons (Fsp3) is 0.391. The molecule has 1 saturated carbocycles. The molecule has 5 nitrogen and oxygen atoms in total. The summed E-state index contributed by atoms with van der Waals surface area (Å²) in [5.74, 6) is -0.136. The number of benzene rings is 2. The Hall–Kier alpha value is -2.18. The molecule has 2 aromatic carbocycles. The Morgan fingerprint density at radius 1 is 1.07 bits per heavy atom. The molecule has 2 fully saturated rings. The van der Waals surface area contributed by atoms with Crippen molar-refractivity contribution < 1.29 is 14.3 Å². The third-order valence-corrected chi connectivity index (χ3v) is 6.37. The standard InChI is InChI=1S/C23H25BrN2O3/c1-15-2-3-16(21(27)25-19-8-9-19)14-20(15)26-22(28)23(10-12-29-13-11-23)17-4-6-18(24)7-5-17/h2-7,14,19H,8-13H2,1H3,(H,25,27)(H,26,28). The summed E-state index contributed by atoms with van der Waals surface area (Å²) >= 11 is 3.47. The first-order valence-electron chi connectivity index (χ1n) is 10.0. The molecule has 0 radical (unpaired) electrons. The third-order valence-electron chi connectivity index (χ3n) is 5.84. The Morgan fingerprint density at radius 3 is 2.41 bits per heavy atom. The van der Waals surface area contributed by atoms with Crippen LogP contribution in [0.3, 0.4) is 0 Å². The van der Waals surface area contributed by atoms with E-state index in [0.29, 0.717) is 43.3 Å². The average Bonchev–Trinajstić information content (AvgIpc) is 3.54. The Labute approximate surface area is 179 Å². The Kier molecular flexibility index (Phi) is 5.74. The lowest BCUT2D eigenvalue weighted by Gasteiger charge is -2.36. The second-order valence-corrected chi connectivity index (χ2v) is 8.85. The van der Waals surface area contributed by atoms with Crippen LogP contribution in [-0.2, 0) is 14.9 Å². The monoisotopic (exact) mass is 456 g/mol. The first kappa shape index (κ1) is 20.1. The van der Waals surface area contributed by atoms with E-state index in [9.17, 15) is 9.59 Å². The van der Waals surface area contributed by atoms with Gasteiger partial charge in [0.15, 0.2) is 0 Å². The van der Waals surface area contributed by atoms with Crippen molar-refractivity contribution in [3.63, 3.8) is 0 Å². The van der Waals surface area contributed by atoms with Gasteiger partial charge in [-0.1, -0.05) is 34.1 Å². The van der Waals surface area contributed by atoms with Crippen LogP contribution in [0.15, 0.2) is 46.9 Å². The number of hydrogen-bond donors (Lipinski definition) is 2. The van der Waals surface area contributed by atoms with E-state index in [1.807, 2.05) is 43.3 Å². The van der Waals surface area contributed by atoms with Crippen LogP contribution in [0.25, 0.3) is 0 Å². The van der Waals surface area contributed by atoms with Crippen molar-refractivity contribution in [2.75, 3.05) is 18.5 Å². The van der Waals surface area contributed by atoms with E-state index in [0.717, 1.165) is 28.4 Å². The molecule has 0 atom stereocenters. The van der Waals surface area contributed by atoms with Gasteiger partial charge in [-0.05, 0) is 68.0 Å². The maximum atomic E-state index is 13.5. The average molecular weight is 457 g/mol. The fourth-order valence-electron chi connectivity index (χ4n) is 3.77. The van der Waals surface area contributed by atoms with Crippen LogP contribution < -0.4 is 10.6 Å². The predicted octanol–water partition coefficient (Wildman–Crippen LogP) is 4.34. The maximum absolute atomic E-state index is 13.5. The summed E-state index contributed by atoms with van der Waals surface area (Å²) in [6, 6.07) is 13.7. The maximum Gasteiger partial charge on any atom is 0.251 e. The van der Waals surface area contributed by atoms with Crippen molar-refractivity contribution >= 4 is 33.4 Å². The van der Waals surface area contributed by atoms with Gasteiger partial charge in [0.2, 0.25) is 5.91 Å². The van der Waals surface area contributed by atoms with E-state index in [4.69, 9.17) is 4.74 Å². The van der Waals surface area contributed by atoms with E-state index in [1.165, 1.54) is 0 Å². The summed E-state index contributed by atoms with van der Waals surface area (Å²) in [4.78, 5) is 25.9. The molecular weight excluding hydrogens is 432 g/mol. The molecule has 1 aliphatic heterocycles. The normalized spacial score (nSPS) is 18.1. The van der Waals surface area contributed by atoms with Gasteiger partial charge in [0.25, 0.3) is 5.91 Å². The molecule has 1 saturated heterocycles. The van der Waals surface area contributed by atoms with Crippen molar-refractivity contribution in [2.24, 2.45) is 0 Å². The van der Waals surface area contributed by atoms with Gasteiger partial charge in [0.05, 0.1) is 5.41 Å². The Bertz CT molecular complexity index is 916. The molecule has 0 spiro atoms. The summed E-state index contributed by atoms with van der Waals surface area (Å²) in [6.07, 6.45) is 3.33. The molecule has 152 valence electrons. The van der Waals surface area contributed by atoms with Gasteiger partial charge in [-0.2, -0.15) is 0 Å². The van der Waals surface area contributed by atoms with Crippen LogP contribution in [0.5, 0.6) is 0 Å². The van der Waals surface area contributed by atoms with E-state index in [-0.39, 0.29) is 11.8 Å². The first-order valence-corrected chi connectivity index (χ1v) is 10.8. The molecule has 6 heteroatoms. The van der Waals surface area contributed by atoms with Crippen molar-refractivity contribution in [1.82, 2.24) is 5.32 Å². The van der Waals surface area contributed by atoms with E-state index >= 15 is 0 Å². The minimum Gasteiger partial charge on any atom is -0.381 e. The van der Waals surface area contributed by atoms with Crippen molar-refractivity contribution in [1.29, 1.82) is 0 Å². The topological polar surface area (TPSA) is 67.4 Å². The highest BCUT2D eigenvalue weighted by atomic mass is 79.9. The summed E-state index contributed by atoms with van der Waals surface area (Å²) in [6.45, 7) is 3.03. The van der Waals surface area contributed by atoms with Gasteiger partial charge in [-0.15, -0.1) is 0 Å². The molecule has 2 N–H and O–H groups in total. The van der Waals surface area contributed by atoms with Crippen LogP contribution in [-0.4, -0.2) is 31.1 Å². The predicted molar refractivity (Wildman–Crippen MR) is 116 cm³/mol.